The molecule has 2 aliphatic carbocycles. The van der Waals surface area contributed by atoms with Crippen LogP contribution in [-0.4, -0.2) is 50.5 Å². The second-order valence-corrected chi connectivity index (χ2v) is 15.4. The Morgan fingerprint density at radius 3 is 2.69 bits per heavy atom. The Bertz CT molecular complexity index is 1490. The summed E-state index contributed by atoms with van der Waals surface area (Å²) in [7, 11) is -3.94. The lowest BCUT2D eigenvalue weighted by Crippen LogP contribution is -2.49. The van der Waals surface area contributed by atoms with Gasteiger partial charge in [0.2, 0.25) is 10.0 Å². The molecule has 0 unspecified atom stereocenters. The van der Waals surface area contributed by atoms with E-state index in [0.717, 1.165) is 49.4 Å². The number of fused-ring (bicyclic) bond motifs is 4. The monoisotopic (exact) mass is 612 g/mol. The van der Waals surface area contributed by atoms with Gasteiger partial charge in [-0.15, -0.1) is 0 Å². The first-order valence-electron chi connectivity index (χ1n) is 15.3. The zero-order valence-corrected chi connectivity index (χ0v) is 26.0. The van der Waals surface area contributed by atoms with Crippen LogP contribution in [0.1, 0.15) is 73.9 Å². The SMILES string of the molecule is CC(C)[C@@H]1CC=CC[C@@H](O)[C@@H]2CC[C@H]2CN2C[C@@]3(CCCc4cc(Cl)ccc43)COc3ccc(cc32)C(=O)NS1(=O)=O. The number of rotatable bonds is 1. The van der Waals surface area contributed by atoms with E-state index in [1.165, 1.54) is 11.1 Å². The molecule has 4 aliphatic rings. The first-order chi connectivity index (χ1) is 20.1. The average Bonchev–Trinajstić information content (AvgIpc) is 3.06. The highest BCUT2D eigenvalue weighted by atomic mass is 35.5. The van der Waals surface area contributed by atoms with Crippen LogP contribution in [0.15, 0.2) is 48.6 Å². The van der Waals surface area contributed by atoms with Gasteiger partial charge in [-0.1, -0.05) is 43.7 Å². The Morgan fingerprint density at radius 2 is 1.93 bits per heavy atom. The standard InChI is InChI=1S/C33H41ClN2O5S/c1-21(2)31-8-4-3-7-29(37)26-12-9-24(26)18-36-19-33(15-5-6-22-16-25(34)11-13-27(22)33)20-41-30-14-10-23(17-28(30)36)32(38)35-42(31,39)40/h3-4,10-11,13-14,16-17,21,24,26,29,31,37H,5-9,12,15,18-20H2,1-2H3,(H,35,38)/t24-,26+,29+,31-,33-/m0/s1. The molecule has 2 aromatic carbocycles. The van der Waals surface area contributed by atoms with Crippen molar-refractivity contribution in [2.24, 2.45) is 17.8 Å². The molecule has 1 saturated carbocycles. The van der Waals surface area contributed by atoms with Gasteiger partial charge >= 0.3 is 0 Å². The van der Waals surface area contributed by atoms with Gasteiger partial charge in [0, 0.05) is 29.1 Å². The molecule has 2 heterocycles. The summed E-state index contributed by atoms with van der Waals surface area (Å²) in [6.07, 6.45) is 9.00. The fourth-order valence-electron chi connectivity index (χ4n) is 7.53. The predicted molar refractivity (Wildman–Crippen MR) is 166 cm³/mol. The van der Waals surface area contributed by atoms with E-state index in [2.05, 4.69) is 21.8 Å². The third-order valence-corrected chi connectivity index (χ3v) is 12.3. The van der Waals surface area contributed by atoms with Gasteiger partial charge in [0.1, 0.15) is 5.75 Å². The van der Waals surface area contributed by atoms with Crippen molar-refractivity contribution in [1.82, 2.24) is 4.72 Å². The Labute approximate surface area is 254 Å². The summed E-state index contributed by atoms with van der Waals surface area (Å²) in [5, 5.41) is 11.1. The number of anilines is 1. The fraction of sp³-hybridized carbons (Fsp3) is 0.545. The van der Waals surface area contributed by atoms with Gasteiger partial charge in [0.05, 0.1) is 23.6 Å². The van der Waals surface area contributed by atoms with Gasteiger partial charge in [-0.25, -0.2) is 13.1 Å². The van der Waals surface area contributed by atoms with Gasteiger partial charge < -0.3 is 14.7 Å². The van der Waals surface area contributed by atoms with Crippen LogP contribution < -0.4 is 14.4 Å². The van der Waals surface area contributed by atoms with E-state index in [4.69, 9.17) is 16.3 Å². The lowest BCUT2D eigenvalue weighted by atomic mass is 9.68. The number of aliphatic hydroxyl groups excluding tert-OH is 1. The van der Waals surface area contributed by atoms with Crippen LogP contribution in [-0.2, 0) is 21.9 Å². The number of nitrogens with one attached hydrogen (secondary N) is 1. The van der Waals surface area contributed by atoms with Crippen molar-refractivity contribution in [3.8, 4) is 5.75 Å². The van der Waals surface area contributed by atoms with Crippen LogP contribution in [0.2, 0.25) is 5.02 Å². The maximum atomic E-state index is 13.4. The molecule has 7 nitrogen and oxygen atoms in total. The number of aryl methyl sites for hydroxylation is 1. The van der Waals surface area contributed by atoms with Gasteiger partial charge in [0.15, 0.2) is 0 Å². The number of amides is 1. The number of aliphatic hydroxyl groups is 1. The second-order valence-electron chi connectivity index (χ2n) is 13.1. The highest BCUT2D eigenvalue weighted by Crippen LogP contribution is 2.47. The normalized spacial score (nSPS) is 30.9. The number of carbonyl (C=O) groups excluding carboxylic acids is 1. The van der Waals surface area contributed by atoms with Gasteiger partial charge in [-0.2, -0.15) is 0 Å². The number of allylic oxidation sites excluding steroid dienone is 1. The second kappa shape index (κ2) is 11.5. The molecule has 1 fully saturated rings. The largest absolute Gasteiger partial charge is 0.490 e. The third-order valence-electron chi connectivity index (χ3n) is 10.0. The Hall–Kier alpha value is -2.55. The molecule has 0 aromatic heterocycles. The van der Waals surface area contributed by atoms with Crippen molar-refractivity contribution in [2.45, 2.75) is 75.6 Å². The maximum Gasteiger partial charge on any atom is 0.264 e. The number of hydrogen-bond acceptors (Lipinski definition) is 6. The number of nitrogens with zero attached hydrogens (tertiary/aromatic N) is 1. The van der Waals surface area contributed by atoms with Gasteiger partial charge in [0.25, 0.3) is 5.91 Å². The molecule has 2 aromatic rings. The van der Waals surface area contributed by atoms with E-state index in [9.17, 15) is 18.3 Å². The lowest BCUT2D eigenvalue weighted by Gasteiger charge is -2.45. The molecule has 0 saturated heterocycles. The molecule has 1 amide bonds. The molecule has 5 atom stereocenters. The van der Waals surface area contributed by atoms with E-state index < -0.39 is 27.3 Å². The molecule has 0 radical (unpaired) electrons. The molecular formula is C33H41ClN2O5S. The molecule has 2 aliphatic heterocycles. The van der Waals surface area contributed by atoms with E-state index in [1.807, 2.05) is 32.1 Å². The molecule has 226 valence electrons. The third kappa shape index (κ3) is 5.58. The summed E-state index contributed by atoms with van der Waals surface area (Å²) in [6, 6.07) is 11.4. The Balaban J connectivity index is 1.42. The van der Waals surface area contributed by atoms with E-state index >= 15 is 0 Å². The minimum Gasteiger partial charge on any atom is -0.490 e. The average molecular weight is 613 g/mol. The number of ether oxygens (including phenoxy) is 1. The first kappa shape index (κ1) is 29.5. The smallest absolute Gasteiger partial charge is 0.264 e. The van der Waals surface area contributed by atoms with Gasteiger partial charge in [-0.05, 0) is 104 Å². The molecule has 1 spiro atoms. The Kier molecular flexibility index (Phi) is 8.09. The molecule has 9 heteroatoms. The van der Waals surface area contributed by atoms with Crippen molar-refractivity contribution in [3.63, 3.8) is 0 Å². The summed E-state index contributed by atoms with van der Waals surface area (Å²) in [5.74, 6) is 0.333. The van der Waals surface area contributed by atoms with Gasteiger partial charge in [-0.3, -0.25) is 4.79 Å². The maximum absolute atomic E-state index is 13.4. The van der Waals surface area contributed by atoms with E-state index in [0.29, 0.717) is 31.2 Å². The van der Waals surface area contributed by atoms with Crippen molar-refractivity contribution in [1.29, 1.82) is 0 Å². The van der Waals surface area contributed by atoms with Crippen LogP contribution in [0.4, 0.5) is 5.69 Å². The molecule has 2 bridgehead atoms. The van der Waals surface area contributed by atoms with Crippen LogP contribution in [0.5, 0.6) is 5.75 Å². The van der Waals surface area contributed by atoms with Crippen LogP contribution in [0, 0.1) is 17.8 Å². The molecule has 42 heavy (non-hydrogen) atoms. The molecular weight excluding hydrogens is 572 g/mol. The minimum absolute atomic E-state index is 0.166. The zero-order chi connectivity index (χ0) is 29.6. The van der Waals surface area contributed by atoms with Crippen molar-refractivity contribution >= 4 is 33.2 Å². The summed E-state index contributed by atoms with van der Waals surface area (Å²) >= 11 is 6.39. The van der Waals surface area contributed by atoms with E-state index in [1.54, 1.807) is 18.2 Å². The van der Waals surface area contributed by atoms with Crippen molar-refractivity contribution in [3.05, 3.63) is 70.3 Å². The summed E-state index contributed by atoms with van der Waals surface area (Å²) in [6.45, 7) is 5.62. The van der Waals surface area contributed by atoms with Crippen molar-refractivity contribution < 1.29 is 23.1 Å². The summed E-state index contributed by atoms with van der Waals surface area (Å²) in [5.41, 5.74) is 3.34. The zero-order valence-electron chi connectivity index (χ0n) is 24.4. The van der Waals surface area contributed by atoms with E-state index in [-0.39, 0.29) is 29.2 Å². The summed E-state index contributed by atoms with van der Waals surface area (Å²) < 4.78 is 35.6. The highest BCUT2D eigenvalue weighted by molar-refractivity contribution is 7.90. The topological polar surface area (TPSA) is 95.9 Å². The summed E-state index contributed by atoms with van der Waals surface area (Å²) in [4.78, 5) is 15.7. The minimum atomic E-state index is -3.94. The van der Waals surface area contributed by atoms with Crippen LogP contribution in [0.3, 0.4) is 0 Å². The molecule has 6 rings (SSSR count). The fourth-order valence-corrected chi connectivity index (χ4v) is 9.33. The number of benzene rings is 2. The van der Waals surface area contributed by atoms with Crippen LogP contribution >= 0.6 is 11.6 Å². The first-order valence-corrected chi connectivity index (χ1v) is 17.2. The number of sulfonamides is 1. The highest BCUT2D eigenvalue weighted by Gasteiger charge is 2.44. The number of halogens is 1. The number of carbonyl (C=O) groups is 1. The number of hydrogen-bond donors (Lipinski definition) is 2. The van der Waals surface area contributed by atoms with Crippen LogP contribution in [0.25, 0.3) is 0 Å². The van der Waals surface area contributed by atoms with Crippen molar-refractivity contribution in [2.75, 3.05) is 24.6 Å². The quantitative estimate of drug-likeness (QED) is 0.405. The Morgan fingerprint density at radius 1 is 1.12 bits per heavy atom. The predicted octanol–water partition coefficient (Wildman–Crippen LogP) is 5.63. The molecule has 2 N–H and O–H groups in total. The lowest BCUT2D eigenvalue weighted by molar-refractivity contribution is 0.0177.